The minimum absolute atomic E-state index is 0.224. The molecule has 4 N–H and O–H groups in total. The molecule has 1 rings (SSSR count). The Bertz CT molecular complexity index is 407. The number of thiazole rings is 1. The molecule has 0 aliphatic carbocycles. The van der Waals surface area contributed by atoms with Gasteiger partial charge >= 0.3 is 12.0 Å². The van der Waals surface area contributed by atoms with E-state index in [1.54, 1.807) is 0 Å². The van der Waals surface area contributed by atoms with Crippen molar-refractivity contribution in [3.8, 4) is 0 Å². The summed E-state index contributed by atoms with van der Waals surface area (Å²) in [5.41, 5.74) is 0.867. The van der Waals surface area contributed by atoms with E-state index in [4.69, 9.17) is 10.2 Å². The molecule has 0 fully saturated rings. The van der Waals surface area contributed by atoms with Gasteiger partial charge in [0.05, 0.1) is 13.2 Å². The lowest BCUT2D eigenvalue weighted by molar-refractivity contribution is -0.140. The topological polar surface area (TPSA) is 112 Å². The Kier molecular flexibility index (Phi) is 4.85. The quantitative estimate of drug-likeness (QED) is 0.580. The Morgan fingerprint density at radius 2 is 2.29 bits per heavy atom. The summed E-state index contributed by atoms with van der Waals surface area (Å²) in [6.45, 7) is 1.41. The number of carboxylic acid groups (broad SMARTS) is 1. The van der Waals surface area contributed by atoms with Crippen LogP contribution in [0.25, 0.3) is 0 Å². The Labute approximate surface area is 101 Å². The van der Waals surface area contributed by atoms with Crippen LogP contribution in [0.1, 0.15) is 10.7 Å². The zero-order chi connectivity index (χ0) is 12.8. The van der Waals surface area contributed by atoms with Crippen molar-refractivity contribution in [1.29, 1.82) is 0 Å². The van der Waals surface area contributed by atoms with Crippen molar-refractivity contribution in [3.05, 3.63) is 16.1 Å². The van der Waals surface area contributed by atoms with Gasteiger partial charge < -0.3 is 20.8 Å². The maximum Gasteiger partial charge on any atom is 0.328 e. The fraction of sp³-hybridized carbons (Fsp3) is 0.444. The number of aliphatic hydroxyl groups excluding tert-OH is 1. The van der Waals surface area contributed by atoms with Crippen LogP contribution in [0.5, 0.6) is 0 Å². The third-order valence-electron chi connectivity index (χ3n) is 1.85. The molecule has 2 amide bonds. The summed E-state index contributed by atoms with van der Waals surface area (Å²) in [6.07, 6.45) is 0. The monoisotopic (exact) mass is 259 g/mol. The van der Waals surface area contributed by atoms with Gasteiger partial charge in [0.2, 0.25) is 0 Å². The molecule has 8 heteroatoms. The third-order valence-corrected chi connectivity index (χ3v) is 2.82. The maximum absolute atomic E-state index is 11.3. The molecule has 0 saturated heterocycles. The van der Waals surface area contributed by atoms with Crippen LogP contribution in [0.2, 0.25) is 0 Å². The van der Waals surface area contributed by atoms with E-state index in [9.17, 15) is 9.59 Å². The lowest BCUT2D eigenvalue weighted by Gasteiger charge is -2.11. The van der Waals surface area contributed by atoms with Crippen molar-refractivity contribution >= 4 is 23.3 Å². The number of carbonyl (C=O) groups is 2. The molecule has 0 spiro atoms. The smallest absolute Gasteiger partial charge is 0.328 e. The number of carboxylic acids is 1. The molecule has 0 aliphatic rings. The van der Waals surface area contributed by atoms with Crippen molar-refractivity contribution in [1.82, 2.24) is 15.6 Å². The van der Waals surface area contributed by atoms with E-state index in [0.717, 1.165) is 10.7 Å². The maximum atomic E-state index is 11.3. The molecule has 0 unspecified atom stereocenters. The number of nitrogens with zero attached hydrogens (tertiary/aromatic N) is 1. The fourth-order valence-electron chi connectivity index (χ4n) is 1.03. The number of amides is 2. The Morgan fingerprint density at radius 1 is 1.59 bits per heavy atom. The number of carbonyl (C=O) groups excluding carboxylic acids is 1. The van der Waals surface area contributed by atoms with E-state index >= 15 is 0 Å². The highest BCUT2D eigenvalue weighted by Gasteiger charge is 2.18. The molecule has 0 bridgehead atoms. The first-order valence-corrected chi connectivity index (χ1v) is 5.70. The molecule has 0 radical (unpaired) electrons. The average Bonchev–Trinajstić information content (AvgIpc) is 2.68. The number of urea groups is 1. The SMILES string of the molecule is Cc1csc(CNC(=O)N[C@H](CO)C(=O)O)n1. The molecule has 94 valence electrons. The van der Waals surface area contributed by atoms with Gasteiger partial charge in [-0.3, -0.25) is 0 Å². The predicted octanol–water partition coefficient (Wildman–Crippen LogP) is -0.304. The summed E-state index contributed by atoms with van der Waals surface area (Å²) in [4.78, 5) is 25.9. The van der Waals surface area contributed by atoms with Gasteiger partial charge in [0.1, 0.15) is 5.01 Å². The molecular formula is C9H13N3O4S. The van der Waals surface area contributed by atoms with Crippen molar-refractivity contribution in [2.45, 2.75) is 19.5 Å². The van der Waals surface area contributed by atoms with E-state index in [1.165, 1.54) is 11.3 Å². The summed E-state index contributed by atoms with van der Waals surface area (Å²) >= 11 is 1.40. The summed E-state index contributed by atoms with van der Waals surface area (Å²) < 4.78 is 0. The molecule has 0 aliphatic heterocycles. The van der Waals surface area contributed by atoms with Gasteiger partial charge in [0.25, 0.3) is 0 Å². The van der Waals surface area contributed by atoms with E-state index in [1.807, 2.05) is 12.3 Å². The van der Waals surface area contributed by atoms with Gasteiger partial charge in [0.15, 0.2) is 6.04 Å². The van der Waals surface area contributed by atoms with Crippen LogP contribution in [-0.4, -0.2) is 39.8 Å². The van der Waals surface area contributed by atoms with Crippen LogP contribution >= 0.6 is 11.3 Å². The lowest BCUT2D eigenvalue weighted by atomic mass is 10.3. The number of aliphatic hydroxyl groups is 1. The molecule has 7 nitrogen and oxygen atoms in total. The highest BCUT2D eigenvalue weighted by molar-refractivity contribution is 7.09. The molecule has 0 saturated carbocycles. The van der Waals surface area contributed by atoms with Crippen molar-refractivity contribution in [2.75, 3.05) is 6.61 Å². The van der Waals surface area contributed by atoms with Gasteiger partial charge in [-0.1, -0.05) is 0 Å². The first kappa shape index (κ1) is 13.4. The van der Waals surface area contributed by atoms with Crippen LogP contribution in [0, 0.1) is 6.92 Å². The van der Waals surface area contributed by atoms with E-state index in [0.29, 0.717) is 0 Å². The second-order valence-corrected chi connectivity index (χ2v) is 4.23. The molecular weight excluding hydrogens is 246 g/mol. The zero-order valence-corrected chi connectivity index (χ0v) is 9.95. The van der Waals surface area contributed by atoms with Crippen molar-refractivity contribution in [2.24, 2.45) is 0 Å². The zero-order valence-electron chi connectivity index (χ0n) is 9.14. The largest absolute Gasteiger partial charge is 0.480 e. The standard InChI is InChI=1S/C9H13N3O4S/c1-5-4-17-7(11-5)2-10-9(16)12-6(3-13)8(14)15/h4,6,13H,2-3H2,1H3,(H,14,15)(H2,10,12,16)/t6-/m1/s1. The minimum atomic E-state index is -1.30. The number of hydrogen-bond donors (Lipinski definition) is 4. The molecule has 1 atom stereocenters. The molecule has 1 aromatic rings. The van der Waals surface area contributed by atoms with Crippen LogP contribution in [-0.2, 0) is 11.3 Å². The normalized spacial score (nSPS) is 11.9. The van der Waals surface area contributed by atoms with Crippen molar-refractivity contribution < 1.29 is 19.8 Å². The molecule has 17 heavy (non-hydrogen) atoms. The Hall–Kier alpha value is -1.67. The number of rotatable bonds is 5. The minimum Gasteiger partial charge on any atom is -0.480 e. The number of hydrogen-bond acceptors (Lipinski definition) is 5. The molecule has 1 heterocycles. The lowest BCUT2D eigenvalue weighted by Crippen LogP contribution is -2.47. The molecule has 1 aromatic heterocycles. The third kappa shape index (κ3) is 4.37. The highest BCUT2D eigenvalue weighted by Crippen LogP contribution is 2.07. The highest BCUT2D eigenvalue weighted by atomic mass is 32.1. The van der Waals surface area contributed by atoms with Gasteiger partial charge in [-0.05, 0) is 6.92 Å². The van der Waals surface area contributed by atoms with Crippen molar-refractivity contribution in [3.63, 3.8) is 0 Å². The predicted molar refractivity (Wildman–Crippen MR) is 60.7 cm³/mol. The van der Waals surface area contributed by atoms with E-state index < -0.39 is 24.6 Å². The van der Waals surface area contributed by atoms with Crippen LogP contribution < -0.4 is 10.6 Å². The van der Waals surface area contributed by atoms with Gasteiger partial charge in [-0.15, -0.1) is 11.3 Å². The number of aryl methyl sites for hydroxylation is 1. The van der Waals surface area contributed by atoms with Gasteiger partial charge in [-0.25, -0.2) is 14.6 Å². The summed E-state index contributed by atoms with van der Waals surface area (Å²) in [7, 11) is 0. The first-order valence-electron chi connectivity index (χ1n) is 4.82. The second-order valence-electron chi connectivity index (χ2n) is 3.28. The van der Waals surface area contributed by atoms with Crippen LogP contribution in [0.4, 0.5) is 4.79 Å². The van der Waals surface area contributed by atoms with Gasteiger partial charge in [0, 0.05) is 11.1 Å². The number of nitrogens with one attached hydrogen (secondary N) is 2. The first-order chi connectivity index (χ1) is 8.02. The Morgan fingerprint density at radius 3 is 2.76 bits per heavy atom. The number of aromatic nitrogens is 1. The van der Waals surface area contributed by atoms with E-state index in [-0.39, 0.29) is 6.54 Å². The van der Waals surface area contributed by atoms with Gasteiger partial charge in [-0.2, -0.15) is 0 Å². The average molecular weight is 259 g/mol. The van der Waals surface area contributed by atoms with E-state index in [2.05, 4.69) is 15.6 Å². The van der Waals surface area contributed by atoms with Crippen LogP contribution in [0.3, 0.4) is 0 Å². The second kappa shape index (κ2) is 6.16. The van der Waals surface area contributed by atoms with Crippen LogP contribution in [0.15, 0.2) is 5.38 Å². The molecule has 0 aromatic carbocycles. The summed E-state index contributed by atoms with van der Waals surface area (Å²) in [5.74, 6) is -1.28. The summed E-state index contributed by atoms with van der Waals surface area (Å²) in [5, 5.41) is 24.5. The summed E-state index contributed by atoms with van der Waals surface area (Å²) in [6, 6.07) is -1.95. The number of aliphatic carboxylic acids is 1. The Balaban J connectivity index is 2.37. The fourth-order valence-corrected chi connectivity index (χ4v) is 1.75.